The van der Waals surface area contributed by atoms with Crippen molar-refractivity contribution < 1.29 is 49.0 Å². The third-order valence-corrected chi connectivity index (χ3v) is 5.10. The molecule has 0 heterocycles. The molecular formula is C26H13F9O2. The van der Waals surface area contributed by atoms with Crippen molar-refractivity contribution in [2.45, 2.75) is 12.5 Å². The van der Waals surface area contributed by atoms with E-state index < -0.39 is 52.8 Å². The van der Waals surface area contributed by atoms with Gasteiger partial charge in [-0.25, -0.2) is 17.6 Å². The fraction of sp³-hybridized carbons (Fsp3) is 0.0769. The van der Waals surface area contributed by atoms with Crippen LogP contribution in [0.2, 0.25) is 0 Å². The van der Waals surface area contributed by atoms with E-state index in [2.05, 4.69) is 9.47 Å². The van der Waals surface area contributed by atoms with Gasteiger partial charge in [0, 0.05) is 11.6 Å². The van der Waals surface area contributed by atoms with Gasteiger partial charge < -0.3 is 9.47 Å². The third-order valence-electron chi connectivity index (χ3n) is 5.10. The van der Waals surface area contributed by atoms with Crippen LogP contribution in [0.4, 0.5) is 39.5 Å². The van der Waals surface area contributed by atoms with Crippen molar-refractivity contribution >= 4 is 0 Å². The molecule has 0 saturated carbocycles. The Kier molecular flexibility index (Phi) is 6.81. The average Bonchev–Trinajstić information content (AvgIpc) is 2.79. The van der Waals surface area contributed by atoms with Gasteiger partial charge in [-0.15, -0.1) is 13.2 Å². The molecule has 0 aromatic heterocycles. The molecule has 0 spiro atoms. The Morgan fingerprint density at radius 1 is 0.514 bits per heavy atom. The van der Waals surface area contributed by atoms with Crippen LogP contribution in [0.25, 0.3) is 22.3 Å². The molecule has 0 aliphatic carbocycles. The van der Waals surface area contributed by atoms with E-state index in [1.807, 2.05) is 0 Å². The minimum Gasteiger partial charge on any atom is -0.429 e. The molecule has 0 atom stereocenters. The Bertz CT molecular complexity index is 1410. The first-order valence-corrected chi connectivity index (χ1v) is 10.3. The molecule has 0 saturated heterocycles. The van der Waals surface area contributed by atoms with Crippen molar-refractivity contribution in [3.05, 3.63) is 108 Å². The topological polar surface area (TPSA) is 18.5 Å². The summed E-state index contributed by atoms with van der Waals surface area (Å²) in [4.78, 5) is 0. The molecule has 0 fully saturated rings. The van der Waals surface area contributed by atoms with Gasteiger partial charge in [0.05, 0.1) is 0 Å². The summed E-state index contributed by atoms with van der Waals surface area (Å²) in [6.45, 7) is 0. The standard InChI is InChI=1S/C26H13F9O2/c27-19-10-15(14-4-2-1-3-5-14)6-8-18(19)16-11-21(29)24(22(30)12-16)25(31,32)36-17-7-9-23(20(28)13-17)37-26(33,34)35/h1-13H. The second-order valence-electron chi connectivity index (χ2n) is 7.63. The number of hydrogen-bond donors (Lipinski definition) is 0. The zero-order valence-corrected chi connectivity index (χ0v) is 18.2. The first-order valence-electron chi connectivity index (χ1n) is 10.3. The summed E-state index contributed by atoms with van der Waals surface area (Å²) in [6, 6.07) is 14.4. The molecule has 4 aromatic rings. The van der Waals surface area contributed by atoms with Crippen molar-refractivity contribution in [2.75, 3.05) is 0 Å². The maximum absolute atomic E-state index is 14.7. The van der Waals surface area contributed by atoms with Crippen LogP contribution < -0.4 is 9.47 Å². The molecule has 192 valence electrons. The number of alkyl halides is 5. The molecule has 0 radical (unpaired) electrons. The molecule has 0 amide bonds. The number of hydrogen-bond acceptors (Lipinski definition) is 2. The van der Waals surface area contributed by atoms with E-state index in [0.29, 0.717) is 35.4 Å². The first-order chi connectivity index (χ1) is 17.3. The molecule has 4 rings (SSSR count). The molecule has 0 aliphatic rings. The van der Waals surface area contributed by atoms with E-state index in [0.717, 1.165) is 6.07 Å². The summed E-state index contributed by atoms with van der Waals surface area (Å²) in [5.74, 6) is -8.55. The van der Waals surface area contributed by atoms with E-state index in [1.165, 1.54) is 12.1 Å². The molecule has 0 N–H and O–H groups in total. The molecule has 11 heteroatoms. The van der Waals surface area contributed by atoms with Crippen LogP contribution in [0, 0.1) is 23.3 Å². The number of ether oxygens (including phenoxy) is 2. The van der Waals surface area contributed by atoms with E-state index in [-0.39, 0.29) is 17.2 Å². The number of benzene rings is 4. The van der Waals surface area contributed by atoms with Gasteiger partial charge in [0.2, 0.25) is 0 Å². The van der Waals surface area contributed by atoms with Crippen molar-refractivity contribution in [3.8, 4) is 33.8 Å². The van der Waals surface area contributed by atoms with Gasteiger partial charge in [0.1, 0.15) is 28.8 Å². The van der Waals surface area contributed by atoms with Crippen LogP contribution in [-0.2, 0) is 6.11 Å². The largest absolute Gasteiger partial charge is 0.573 e. The predicted molar refractivity (Wildman–Crippen MR) is 115 cm³/mol. The van der Waals surface area contributed by atoms with Crippen LogP contribution in [0.5, 0.6) is 11.5 Å². The Morgan fingerprint density at radius 2 is 1.14 bits per heavy atom. The lowest BCUT2D eigenvalue weighted by molar-refractivity contribution is -0.275. The number of halogens is 9. The van der Waals surface area contributed by atoms with Crippen molar-refractivity contribution in [3.63, 3.8) is 0 Å². The van der Waals surface area contributed by atoms with Crippen LogP contribution in [0.3, 0.4) is 0 Å². The SMILES string of the molecule is Fc1cc(OC(F)(F)c2c(F)cc(-c3ccc(-c4ccccc4)cc3F)cc2F)ccc1OC(F)(F)F. The smallest absolute Gasteiger partial charge is 0.429 e. The van der Waals surface area contributed by atoms with Crippen LogP contribution in [-0.4, -0.2) is 6.36 Å². The zero-order chi connectivity index (χ0) is 27.0. The predicted octanol–water partition coefficient (Wildman–Crippen LogP) is 8.60. The molecule has 2 nitrogen and oxygen atoms in total. The summed E-state index contributed by atoms with van der Waals surface area (Å²) in [7, 11) is 0. The summed E-state index contributed by atoms with van der Waals surface area (Å²) in [5, 5.41) is 0. The van der Waals surface area contributed by atoms with Crippen molar-refractivity contribution in [1.82, 2.24) is 0 Å². The average molecular weight is 528 g/mol. The second-order valence-corrected chi connectivity index (χ2v) is 7.63. The fourth-order valence-electron chi connectivity index (χ4n) is 3.52. The van der Waals surface area contributed by atoms with Crippen LogP contribution in [0.15, 0.2) is 78.9 Å². The lowest BCUT2D eigenvalue weighted by Gasteiger charge is -2.20. The maximum atomic E-state index is 14.7. The molecule has 37 heavy (non-hydrogen) atoms. The first kappa shape index (κ1) is 25.9. The van der Waals surface area contributed by atoms with Gasteiger partial charge >= 0.3 is 12.5 Å². The molecular weight excluding hydrogens is 515 g/mol. The molecule has 0 aliphatic heterocycles. The lowest BCUT2D eigenvalue weighted by Crippen LogP contribution is -2.25. The highest BCUT2D eigenvalue weighted by atomic mass is 19.4. The van der Waals surface area contributed by atoms with E-state index in [4.69, 9.17) is 0 Å². The van der Waals surface area contributed by atoms with Crippen molar-refractivity contribution in [2.24, 2.45) is 0 Å². The quantitative estimate of drug-likeness (QED) is 0.233. The van der Waals surface area contributed by atoms with Gasteiger partial charge in [-0.05, 0) is 47.0 Å². The minimum absolute atomic E-state index is 0.128. The molecule has 0 bridgehead atoms. The van der Waals surface area contributed by atoms with E-state index in [1.54, 1.807) is 30.3 Å². The second kappa shape index (κ2) is 9.72. The highest BCUT2D eigenvalue weighted by molar-refractivity contribution is 5.71. The van der Waals surface area contributed by atoms with Gasteiger partial charge in [-0.1, -0.05) is 42.5 Å². The normalized spacial score (nSPS) is 11.9. The monoisotopic (exact) mass is 528 g/mol. The van der Waals surface area contributed by atoms with Gasteiger partial charge in [-0.2, -0.15) is 8.78 Å². The fourth-order valence-corrected chi connectivity index (χ4v) is 3.52. The highest BCUT2D eigenvalue weighted by Gasteiger charge is 2.41. The zero-order valence-electron chi connectivity index (χ0n) is 18.2. The Morgan fingerprint density at radius 3 is 1.70 bits per heavy atom. The summed E-state index contributed by atoms with van der Waals surface area (Å²) < 4.78 is 131. The van der Waals surface area contributed by atoms with Crippen LogP contribution >= 0.6 is 0 Å². The van der Waals surface area contributed by atoms with Crippen molar-refractivity contribution in [1.29, 1.82) is 0 Å². The summed E-state index contributed by atoms with van der Waals surface area (Å²) in [6.07, 6.45) is -9.97. The maximum Gasteiger partial charge on any atom is 0.573 e. The lowest BCUT2D eigenvalue weighted by atomic mass is 9.98. The van der Waals surface area contributed by atoms with Gasteiger partial charge in [0.25, 0.3) is 0 Å². The van der Waals surface area contributed by atoms with E-state index >= 15 is 0 Å². The molecule has 0 unspecified atom stereocenters. The van der Waals surface area contributed by atoms with Gasteiger partial charge in [-0.3, -0.25) is 0 Å². The Balaban J connectivity index is 1.62. The highest BCUT2D eigenvalue weighted by Crippen LogP contribution is 2.39. The molecule has 4 aromatic carbocycles. The van der Waals surface area contributed by atoms with Crippen LogP contribution in [0.1, 0.15) is 5.56 Å². The van der Waals surface area contributed by atoms with E-state index in [9.17, 15) is 39.5 Å². The minimum atomic E-state index is -5.25. The third kappa shape index (κ3) is 5.82. The van der Waals surface area contributed by atoms with Gasteiger partial charge in [0.15, 0.2) is 11.6 Å². The summed E-state index contributed by atoms with van der Waals surface area (Å²) in [5.41, 5.74) is -1.37. The summed E-state index contributed by atoms with van der Waals surface area (Å²) >= 11 is 0. The number of rotatable bonds is 6. The Hall–Kier alpha value is -4.15. The Labute approximate surface area is 203 Å².